The molecule has 37 heavy (non-hydrogen) atoms. The number of Topliss-reactive ketones (excluding diaryl/α,β-unsaturated/α-hetero) is 1. The first-order valence-electron chi connectivity index (χ1n) is 13.2. The maximum atomic E-state index is 13.6. The van der Waals surface area contributed by atoms with Crippen LogP contribution in [0.1, 0.15) is 30.6 Å². The van der Waals surface area contributed by atoms with Crippen LogP contribution in [0.2, 0.25) is 0 Å². The molecule has 0 saturated carbocycles. The molecule has 4 atom stereocenters. The summed E-state index contributed by atoms with van der Waals surface area (Å²) in [6, 6.07) is 6.14. The van der Waals surface area contributed by atoms with E-state index in [1.165, 1.54) is 4.90 Å². The molecule has 1 N–H and O–H groups in total. The van der Waals surface area contributed by atoms with Gasteiger partial charge in [-0.05, 0) is 36.6 Å². The lowest BCUT2D eigenvalue weighted by Crippen LogP contribution is -2.52. The lowest BCUT2D eigenvalue weighted by molar-refractivity contribution is -0.138. The van der Waals surface area contributed by atoms with Gasteiger partial charge in [0.25, 0.3) is 5.91 Å². The summed E-state index contributed by atoms with van der Waals surface area (Å²) in [6.45, 7) is 9.72. The average Bonchev–Trinajstić information content (AvgIpc) is 3.47. The van der Waals surface area contributed by atoms with Crippen LogP contribution in [0.15, 0.2) is 24.3 Å². The number of carbonyl (C=O) groups is 3. The second kappa shape index (κ2) is 12.3. The third-order valence-electron chi connectivity index (χ3n) is 7.51. The molecule has 10 heteroatoms. The zero-order valence-corrected chi connectivity index (χ0v) is 22.4. The van der Waals surface area contributed by atoms with Crippen LogP contribution in [0.5, 0.6) is 0 Å². The Labute approximate surface area is 219 Å². The van der Waals surface area contributed by atoms with Crippen LogP contribution in [-0.2, 0) is 23.8 Å². The summed E-state index contributed by atoms with van der Waals surface area (Å²) in [5.41, 5.74) is 1.57. The number of benzene rings is 1. The standard InChI is InChI=1S/C27H40N4O6/c1-18(2)15-21(27(34)31-16-23(36-4)25-24(31)22(32)17-37-25)28-26(33)19-5-7-20(8-6-19)30-11-9-29(10-12-30)13-14-35-3/h5-8,18,21,23-25H,9-17H2,1-4H3,(H,28,33)/t21-,23-,24+,25?/m0/s1. The second-order valence-electron chi connectivity index (χ2n) is 10.5. The number of rotatable bonds is 10. The molecule has 4 rings (SSSR count). The Bertz CT molecular complexity index is 947. The van der Waals surface area contributed by atoms with Crippen molar-refractivity contribution in [3.05, 3.63) is 29.8 Å². The fourth-order valence-electron chi connectivity index (χ4n) is 5.46. The fraction of sp³-hybridized carbons (Fsp3) is 0.667. The molecule has 204 valence electrons. The van der Waals surface area contributed by atoms with E-state index in [4.69, 9.17) is 14.2 Å². The smallest absolute Gasteiger partial charge is 0.251 e. The van der Waals surface area contributed by atoms with Crippen LogP contribution >= 0.6 is 0 Å². The van der Waals surface area contributed by atoms with Crippen molar-refractivity contribution >= 4 is 23.3 Å². The van der Waals surface area contributed by atoms with Crippen molar-refractivity contribution in [2.45, 2.75) is 44.6 Å². The molecule has 3 fully saturated rings. The Kier molecular flexibility index (Phi) is 9.17. The van der Waals surface area contributed by atoms with Gasteiger partial charge < -0.3 is 29.3 Å². The van der Waals surface area contributed by atoms with Crippen molar-refractivity contribution < 1.29 is 28.6 Å². The first kappa shape index (κ1) is 27.5. The Hall–Kier alpha value is -2.53. The maximum absolute atomic E-state index is 13.6. The molecule has 0 spiro atoms. The summed E-state index contributed by atoms with van der Waals surface area (Å²) in [4.78, 5) is 45.5. The zero-order chi connectivity index (χ0) is 26.5. The molecule has 1 unspecified atom stereocenters. The van der Waals surface area contributed by atoms with Crippen LogP contribution in [0.3, 0.4) is 0 Å². The highest BCUT2D eigenvalue weighted by atomic mass is 16.5. The normalized spacial score (nSPS) is 25.0. The first-order chi connectivity index (χ1) is 17.8. The van der Waals surface area contributed by atoms with Crippen LogP contribution in [0, 0.1) is 5.92 Å². The van der Waals surface area contributed by atoms with Gasteiger partial charge in [-0.15, -0.1) is 0 Å². The van der Waals surface area contributed by atoms with E-state index in [0.717, 1.165) is 45.0 Å². The summed E-state index contributed by atoms with van der Waals surface area (Å²) in [6.07, 6.45) is -0.340. The molecule has 3 aliphatic heterocycles. The van der Waals surface area contributed by atoms with Crippen molar-refractivity contribution in [2.24, 2.45) is 5.92 Å². The van der Waals surface area contributed by atoms with Gasteiger partial charge in [0.15, 0.2) is 5.78 Å². The number of methoxy groups -OCH3 is 2. The van der Waals surface area contributed by atoms with Gasteiger partial charge in [0.05, 0.1) is 13.2 Å². The van der Waals surface area contributed by atoms with Gasteiger partial charge in [0, 0.05) is 58.2 Å². The minimum absolute atomic E-state index is 0.0191. The number of nitrogens with one attached hydrogen (secondary N) is 1. The molecule has 3 aliphatic rings. The van der Waals surface area contributed by atoms with Gasteiger partial charge in [0.1, 0.15) is 30.9 Å². The molecule has 0 bridgehead atoms. The molecule has 1 aromatic carbocycles. The molecule has 0 radical (unpaired) electrons. The second-order valence-corrected chi connectivity index (χ2v) is 10.5. The largest absolute Gasteiger partial charge is 0.383 e. The highest BCUT2D eigenvalue weighted by molar-refractivity contribution is 5.99. The molecule has 10 nitrogen and oxygen atoms in total. The van der Waals surface area contributed by atoms with Crippen LogP contribution < -0.4 is 10.2 Å². The highest BCUT2D eigenvalue weighted by Crippen LogP contribution is 2.30. The molecular formula is C27H40N4O6. The van der Waals surface area contributed by atoms with Gasteiger partial charge in [-0.3, -0.25) is 19.3 Å². The van der Waals surface area contributed by atoms with E-state index < -0.39 is 18.2 Å². The molecule has 3 saturated heterocycles. The van der Waals surface area contributed by atoms with Crippen molar-refractivity contribution in [1.29, 1.82) is 0 Å². The van der Waals surface area contributed by atoms with Gasteiger partial charge in [-0.1, -0.05) is 13.8 Å². The summed E-state index contributed by atoms with van der Waals surface area (Å²) >= 11 is 0. The summed E-state index contributed by atoms with van der Waals surface area (Å²) in [5, 5.41) is 2.94. The number of nitrogens with zero attached hydrogens (tertiary/aromatic N) is 3. The topological polar surface area (TPSA) is 101 Å². The predicted molar refractivity (Wildman–Crippen MR) is 139 cm³/mol. The van der Waals surface area contributed by atoms with Crippen molar-refractivity contribution in [3.63, 3.8) is 0 Å². The van der Waals surface area contributed by atoms with Crippen LogP contribution in [-0.4, -0.2) is 118 Å². The first-order valence-corrected chi connectivity index (χ1v) is 13.2. The molecular weight excluding hydrogens is 476 g/mol. The lowest BCUT2D eigenvalue weighted by atomic mass is 10.0. The Balaban J connectivity index is 1.39. The zero-order valence-electron chi connectivity index (χ0n) is 22.4. The molecule has 0 aromatic heterocycles. The number of piperazine rings is 1. The Morgan fingerprint density at radius 1 is 1.11 bits per heavy atom. The van der Waals surface area contributed by atoms with E-state index in [-0.39, 0.29) is 42.8 Å². The number of hydrogen-bond donors (Lipinski definition) is 1. The van der Waals surface area contributed by atoms with Crippen molar-refractivity contribution in [2.75, 3.05) is 71.6 Å². The Morgan fingerprint density at radius 2 is 1.81 bits per heavy atom. The monoisotopic (exact) mass is 516 g/mol. The molecule has 2 amide bonds. The van der Waals surface area contributed by atoms with E-state index in [1.54, 1.807) is 26.4 Å². The quantitative estimate of drug-likeness (QED) is 0.487. The summed E-state index contributed by atoms with van der Waals surface area (Å²) in [7, 11) is 3.28. The van der Waals surface area contributed by atoms with E-state index >= 15 is 0 Å². The van der Waals surface area contributed by atoms with Gasteiger partial charge >= 0.3 is 0 Å². The number of likely N-dealkylation sites (tertiary alicyclic amines) is 1. The third kappa shape index (κ3) is 6.31. The lowest BCUT2D eigenvalue weighted by Gasteiger charge is -2.36. The molecule has 3 heterocycles. The average molecular weight is 517 g/mol. The summed E-state index contributed by atoms with van der Waals surface area (Å²) < 4.78 is 16.3. The number of anilines is 1. The van der Waals surface area contributed by atoms with E-state index in [2.05, 4.69) is 15.1 Å². The van der Waals surface area contributed by atoms with Crippen molar-refractivity contribution in [3.8, 4) is 0 Å². The SMILES string of the molecule is COCCN1CCN(c2ccc(C(=O)N[C@@H](CC(C)C)C(=O)N3C[C@H](OC)C4OCC(=O)[C@H]43)cc2)CC1. The number of ketones is 1. The van der Waals surface area contributed by atoms with E-state index in [1.807, 2.05) is 26.0 Å². The summed E-state index contributed by atoms with van der Waals surface area (Å²) in [5.74, 6) is -0.518. The van der Waals surface area contributed by atoms with Crippen molar-refractivity contribution in [1.82, 2.24) is 15.1 Å². The van der Waals surface area contributed by atoms with Gasteiger partial charge in [0.2, 0.25) is 5.91 Å². The van der Waals surface area contributed by atoms with Gasteiger partial charge in [-0.2, -0.15) is 0 Å². The number of ether oxygens (including phenoxy) is 3. The third-order valence-corrected chi connectivity index (χ3v) is 7.51. The number of fused-ring (bicyclic) bond motifs is 1. The van der Waals surface area contributed by atoms with E-state index in [9.17, 15) is 14.4 Å². The minimum atomic E-state index is -0.739. The molecule has 1 aromatic rings. The van der Waals surface area contributed by atoms with E-state index in [0.29, 0.717) is 12.0 Å². The van der Waals surface area contributed by atoms with Crippen LogP contribution in [0.4, 0.5) is 5.69 Å². The highest BCUT2D eigenvalue weighted by Gasteiger charge is 2.53. The number of carbonyl (C=O) groups excluding carboxylic acids is 3. The van der Waals surface area contributed by atoms with Crippen LogP contribution in [0.25, 0.3) is 0 Å². The number of hydrogen-bond acceptors (Lipinski definition) is 8. The Morgan fingerprint density at radius 3 is 2.43 bits per heavy atom. The predicted octanol–water partition coefficient (Wildman–Crippen LogP) is 0.793. The maximum Gasteiger partial charge on any atom is 0.251 e. The fourth-order valence-corrected chi connectivity index (χ4v) is 5.46. The van der Waals surface area contributed by atoms with Gasteiger partial charge in [-0.25, -0.2) is 0 Å². The molecule has 0 aliphatic carbocycles. The minimum Gasteiger partial charge on any atom is -0.383 e. The number of amides is 2.